The number of ether oxygens (including phenoxy) is 1. The molecule has 0 N–H and O–H groups in total. The average molecular weight is 340 g/mol. The largest absolute Gasteiger partial charge is 0.480 e. The summed E-state index contributed by atoms with van der Waals surface area (Å²) in [4.78, 5) is 5.00. The molecule has 25 heavy (non-hydrogen) atoms. The molecule has 3 rings (SSSR count). The van der Waals surface area contributed by atoms with Gasteiger partial charge in [-0.25, -0.2) is 0 Å². The molecule has 134 valence electrons. The lowest BCUT2D eigenvalue weighted by molar-refractivity contribution is 0.0765. The van der Waals surface area contributed by atoms with Crippen LogP contribution < -0.4 is 4.74 Å². The molecule has 0 spiro atoms. The van der Waals surface area contributed by atoms with E-state index in [1.54, 1.807) is 7.11 Å². The SMILES string of the molecule is COc1ccc(CN(C)[C@@H]2CCN(Cc3ccccc3)[C@H](C)C2)nn1. The van der Waals surface area contributed by atoms with Crippen molar-refractivity contribution in [2.75, 3.05) is 20.7 Å². The first kappa shape index (κ1) is 17.8. The molecule has 0 aliphatic carbocycles. The monoisotopic (exact) mass is 340 g/mol. The van der Waals surface area contributed by atoms with Crippen molar-refractivity contribution in [3.8, 4) is 5.88 Å². The van der Waals surface area contributed by atoms with Crippen LogP contribution in [-0.2, 0) is 13.1 Å². The van der Waals surface area contributed by atoms with E-state index in [-0.39, 0.29) is 0 Å². The third-order valence-corrected chi connectivity index (χ3v) is 5.15. The minimum Gasteiger partial charge on any atom is -0.480 e. The molecule has 0 radical (unpaired) electrons. The van der Waals surface area contributed by atoms with Gasteiger partial charge < -0.3 is 4.74 Å². The van der Waals surface area contributed by atoms with E-state index < -0.39 is 0 Å². The van der Waals surface area contributed by atoms with Crippen LogP contribution in [0, 0.1) is 0 Å². The van der Waals surface area contributed by atoms with E-state index in [0.29, 0.717) is 18.0 Å². The van der Waals surface area contributed by atoms with Gasteiger partial charge in [-0.1, -0.05) is 30.3 Å². The molecular weight excluding hydrogens is 312 g/mol. The summed E-state index contributed by atoms with van der Waals surface area (Å²) in [7, 11) is 3.80. The number of aromatic nitrogens is 2. The van der Waals surface area contributed by atoms with Gasteiger partial charge in [-0.2, -0.15) is 5.10 Å². The van der Waals surface area contributed by atoms with Crippen LogP contribution in [0.25, 0.3) is 0 Å². The molecule has 0 amide bonds. The van der Waals surface area contributed by atoms with Crippen molar-refractivity contribution in [3.63, 3.8) is 0 Å². The number of rotatable bonds is 6. The van der Waals surface area contributed by atoms with Crippen LogP contribution >= 0.6 is 0 Å². The number of hydrogen-bond donors (Lipinski definition) is 0. The number of nitrogens with zero attached hydrogens (tertiary/aromatic N) is 4. The number of hydrogen-bond acceptors (Lipinski definition) is 5. The summed E-state index contributed by atoms with van der Waals surface area (Å²) >= 11 is 0. The summed E-state index contributed by atoms with van der Waals surface area (Å²) in [6.45, 7) is 5.35. The Bertz CT molecular complexity index is 647. The Labute approximate surface area is 150 Å². The summed E-state index contributed by atoms with van der Waals surface area (Å²) in [5, 5.41) is 8.31. The zero-order valence-corrected chi connectivity index (χ0v) is 15.4. The van der Waals surface area contributed by atoms with E-state index in [9.17, 15) is 0 Å². The first-order chi connectivity index (χ1) is 12.2. The molecule has 1 fully saturated rings. The number of benzene rings is 1. The minimum absolute atomic E-state index is 0.564. The molecule has 2 aromatic rings. The molecule has 5 nitrogen and oxygen atoms in total. The molecule has 0 unspecified atom stereocenters. The predicted octanol–water partition coefficient (Wildman–Crippen LogP) is 2.97. The van der Waals surface area contributed by atoms with Gasteiger partial charge in [0.05, 0.1) is 12.8 Å². The van der Waals surface area contributed by atoms with Gasteiger partial charge >= 0.3 is 0 Å². The van der Waals surface area contributed by atoms with Crippen LogP contribution in [0.2, 0.25) is 0 Å². The fourth-order valence-electron chi connectivity index (χ4n) is 3.57. The highest BCUT2D eigenvalue weighted by atomic mass is 16.5. The maximum absolute atomic E-state index is 5.07. The molecule has 0 bridgehead atoms. The van der Waals surface area contributed by atoms with E-state index in [2.05, 4.69) is 64.3 Å². The lowest BCUT2D eigenvalue weighted by Gasteiger charge is -2.41. The van der Waals surface area contributed by atoms with Gasteiger partial charge in [-0.05, 0) is 38.4 Å². The molecule has 1 aliphatic heterocycles. The molecule has 2 atom stereocenters. The van der Waals surface area contributed by atoms with Crippen molar-refractivity contribution >= 4 is 0 Å². The molecule has 0 saturated carbocycles. The van der Waals surface area contributed by atoms with E-state index in [1.807, 2.05) is 12.1 Å². The van der Waals surface area contributed by atoms with Crippen molar-refractivity contribution in [2.24, 2.45) is 0 Å². The summed E-state index contributed by atoms with van der Waals surface area (Å²) in [5.41, 5.74) is 2.39. The van der Waals surface area contributed by atoms with Gasteiger partial charge in [0.25, 0.3) is 0 Å². The van der Waals surface area contributed by atoms with Gasteiger partial charge in [-0.15, -0.1) is 5.10 Å². The zero-order chi connectivity index (χ0) is 17.6. The van der Waals surface area contributed by atoms with E-state index in [1.165, 1.54) is 18.4 Å². The highest BCUT2D eigenvalue weighted by molar-refractivity contribution is 5.15. The van der Waals surface area contributed by atoms with E-state index in [4.69, 9.17) is 4.74 Å². The molecule has 1 aromatic heterocycles. The molecule has 5 heteroatoms. The Hall–Kier alpha value is -1.98. The maximum atomic E-state index is 5.07. The summed E-state index contributed by atoms with van der Waals surface area (Å²) in [5.74, 6) is 0.564. The third kappa shape index (κ3) is 4.77. The van der Waals surface area contributed by atoms with Crippen molar-refractivity contribution in [3.05, 3.63) is 53.7 Å². The number of methoxy groups -OCH3 is 1. The zero-order valence-electron chi connectivity index (χ0n) is 15.4. The average Bonchev–Trinajstić information content (AvgIpc) is 2.65. The smallest absolute Gasteiger partial charge is 0.233 e. The normalized spacial score (nSPS) is 21.4. The molecular formula is C20H28N4O. The first-order valence-electron chi connectivity index (χ1n) is 9.00. The summed E-state index contributed by atoms with van der Waals surface area (Å²) in [6, 6.07) is 15.8. The van der Waals surface area contributed by atoms with E-state index >= 15 is 0 Å². The first-order valence-corrected chi connectivity index (χ1v) is 9.00. The molecule has 2 heterocycles. The standard InChI is InChI=1S/C20H28N4O/c1-16-13-19(11-12-24(16)14-17-7-5-4-6-8-17)23(2)15-18-9-10-20(25-3)22-21-18/h4-10,16,19H,11-15H2,1-3H3/t16-,19-/m1/s1. The minimum atomic E-state index is 0.564. The van der Waals surface area contributed by atoms with Gasteiger partial charge in [0.1, 0.15) is 0 Å². The third-order valence-electron chi connectivity index (χ3n) is 5.15. The van der Waals surface area contributed by atoms with Crippen molar-refractivity contribution < 1.29 is 4.74 Å². The summed E-state index contributed by atoms with van der Waals surface area (Å²) < 4.78 is 5.07. The van der Waals surface area contributed by atoms with Crippen LogP contribution in [-0.4, -0.2) is 52.8 Å². The highest BCUT2D eigenvalue weighted by Gasteiger charge is 2.27. The van der Waals surface area contributed by atoms with Crippen LogP contribution in [0.1, 0.15) is 31.0 Å². The lowest BCUT2D eigenvalue weighted by Crippen LogP contribution is -2.47. The Balaban J connectivity index is 1.52. The fraction of sp³-hybridized carbons (Fsp3) is 0.500. The second kappa shape index (κ2) is 8.41. The van der Waals surface area contributed by atoms with Crippen LogP contribution in [0.3, 0.4) is 0 Å². The Kier molecular flexibility index (Phi) is 6.00. The van der Waals surface area contributed by atoms with Gasteiger partial charge in [0.2, 0.25) is 5.88 Å². The second-order valence-electron chi connectivity index (χ2n) is 6.97. The Morgan fingerprint density at radius 3 is 2.60 bits per heavy atom. The fourth-order valence-corrected chi connectivity index (χ4v) is 3.57. The second-order valence-corrected chi connectivity index (χ2v) is 6.97. The van der Waals surface area contributed by atoms with Crippen LogP contribution in [0.4, 0.5) is 0 Å². The number of piperidine rings is 1. The topological polar surface area (TPSA) is 41.5 Å². The summed E-state index contributed by atoms with van der Waals surface area (Å²) in [6.07, 6.45) is 2.38. The Morgan fingerprint density at radius 1 is 1.16 bits per heavy atom. The van der Waals surface area contributed by atoms with Gasteiger partial charge in [0.15, 0.2) is 0 Å². The lowest BCUT2D eigenvalue weighted by atomic mass is 9.96. The van der Waals surface area contributed by atoms with Gasteiger partial charge in [-0.3, -0.25) is 9.80 Å². The highest BCUT2D eigenvalue weighted by Crippen LogP contribution is 2.23. The molecule has 1 aliphatic rings. The van der Waals surface area contributed by atoms with Crippen molar-refractivity contribution in [1.29, 1.82) is 0 Å². The van der Waals surface area contributed by atoms with Crippen molar-refractivity contribution in [1.82, 2.24) is 20.0 Å². The van der Waals surface area contributed by atoms with Crippen LogP contribution in [0.5, 0.6) is 5.88 Å². The van der Waals surface area contributed by atoms with Crippen LogP contribution in [0.15, 0.2) is 42.5 Å². The maximum Gasteiger partial charge on any atom is 0.233 e. The molecule has 1 saturated heterocycles. The van der Waals surface area contributed by atoms with Gasteiger partial charge in [0, 0.05) is 37.8 Å². The molecule has 1 aromatic carbocycles. The van der Waals surface area contributed by atoms with Crippen molar-refractivity contribution in [2.45, 2.75) is 44.9 Å². The predicted molar refractivity (Wildman–Crippen MR) is 99.4 cm³/mol. The Morgan fingerprint density at radius 2 is 1.96 bits per heavy atom. The number of likely N-dealkylation sites (tertiary alicyclic amines) is 1. The quantitative estimate of drug-likeness (QED) is 0.809. The van der Waals surface area contributed by atoms with E-state index in [0.717, 1.165) is 25.3 Å².